The number of hydrogen-bond donors (Lipinski definition) is 3. The van der Waals surface area contributed by atoms with E-state index in [0.717, 1.165) is 3.57 Å². The number of aliphatic hydroxyl groups excluding tert-OH is 2. The maximum absolute atomic E-state index is 10.2. The van der Waals surface area contributed by atoms with Crippen molar-refractivity contribution in [2.24, 2.45) is 5.41 Å². The first-order valence-corrected chi connectivity index (χ1v) is 6.23. The molecule has 3 N–H and O–H groups in total. The van der Waals surface area contributed by atoms with Crippen LogP contribution in [-0.2, 0) is 0 Å². The molecular weight excluding hydrogens is 319 g/mol. The van der Waals surface area contributed by atoms with Gasteiger partial charge in [-0.1, -0.05) is 13.8 Å². The standard InChI is InChI=1S/C12H17IO3/c1-12(2,5-6-14)11(16)9-7-8(13)3-4-10(9)15/h3-4,7,11,14-16H,5-6H2,1-2H3/t11-/m1/s1. The summed E-state index contributed by atoms with van der Waals surface area (Å²) in [6, 6.07) is 5.13. The molecule has 0 saturated carbocycles. The zero-order valence-corrected chi connectivity index (χ0v) is 11.6. The Labute approximate surface area is 109 Å². The van der Waals surface area contributed by atoms with Gasteiger partial charge in [-0.3, -0.25) is 0 Å². The number of hydrogen-bond acceptors (Lipinski definition) is 3. The summed E-state index contributed by atoms with van der Waals surface area (Å²) in [5.41, 5.74) is 0.0572. The van der Waals surface area contributed by atoms with Crippen LogP contribution in [0.5, 0.6) is 5.75 Å². The minimum Gasteiger partial charge on any atom is -0.508 e. The molecule has 0 fully saturated rings. The summed E-state index contributed by atoms with van der Waals surface area (Å²) in [6.45, 7) is 3.76. The Hall–Kier alpha value is -0.330. The Kier molecular flexibility index (Phi) is 4.58. The Morgan fingerprint density at radius 3 is 2.56 bits per heavy atom. The van der Waals surface area contributed by atoms with Crippen molar-refractivity contribution in [1.82, 2.24) is 0 Å². The van der Waals surface area contributed by atoms with Crippen molar-refractivity contribution in [2.75, 3.05) is 6.61 Å². The molecule has 0 bridgehead atoms. The summed E-state index contributed by atoms with van der Waals surface area (Å²) in [6.07, 6.45) is -0.298. The number of benzene rings is 1. The quantitative estimate of drug-likeness (QED) is 0.740. The second-order valence-electron chi connectivity index (χ2n) is 4.57. The van der Waals surface area contributed by atoms with Gasteiger partial charge < -0.3 is 15.3 Å². The van der Waals surface area contributed by atoms with Gasteiger partial charge in [-0.25, -0.2) is 0 Å². The molecule has 1 aromatic carbocycles. The van der Waals surface area contributed by atoms with E-state index in [1.165, 1.54) is 0 Å². The van der Waals surface area contributed by atoms with E-state index in [4.69, 9.17) is 5.11 Å². The number of aliphatic hydroxyl groups is 2. The van der Waals surface area contributed by atoms with Crippen LogP contribution in [0.25, 0.3) is 0 Å². The molecule has 0 aliphatic rings. The van der Waals surface area contributed by atoms with E-state index in [1.807, 2.05) is 13.8 Å². The van der Waals surface area contributed by atoms with Crippen LogP contribution in [0, 0.1) is 8.99 Å². The van der Waals surface area contributed by atoms with Gasteiger partial charge in [0.05, 0.1) is 6.10 Å². The van der Waals surface area contributed by atoms with Crippen molar-refractivity contribution < 1.29 is 15.3 Å². The maximum Gasteiger partial charge on any atom is 0.121 e. The first-order chi connectivity index (χ1) is 7.38. The molecule has 4 heteroatoms. The van der Waals surface area contributed by atoms with Gasteiger partial charge in [0.1, 0.15) is 5.75 Å². The van der Waals surface area contributed by atoms with E-state index in [2.05, 4.69) is 22.6 Å². The van der Waals surface area contributed by atoms with Crippen LogP contribution in [0.2, 0.25) is 0 Å². The lowest BCUT2D eigenvalue weighted by Gasteiger charge is -2.30. The summed E-state index contributed by atoms with van der Waals surface area (Å²) in [7, 11) is 0. The second kappa shape index (κ2) is 5.33. The van der Waals surface area contributed by atoms with Gasteiger partial charge in [-0.2, -0.15) is 0 Å². The van der Waals surface area contributed by atoms with Gasteiger partial charge >= 0.3 is 0 Å². The summed E-state index contributed by atoms with van der Waals surface area (Å²) >= 11 is 2.13. The number of phenols is 1. The van der Waals surface area contributed by atoms with Gasteiger partial charge in [-0.05, 0) is 52.6 Å². The minimum absolute atomic E-state index is 0.0226. The summed E-state index contributed by atoms with van der Waals surface area (Å²) in [5, 5.41) is 28.9. The topological polar surface area (TPSA) is 60.7 Å². The third-order valence-electron chi connectivity index (χ3n) is 2.78. The first kappa shape index (κ1) is 13.7. The molecule has 16 heavy (non-hydrogen) atoms. The van der Waals surface area contributed by atoms with Crippen LogP contribution >= 0.6 is 22.6 Å². The molecule has 1 aromatic rings. The van der Waals surface area contributed by atoms with Gasteiger partial charge in [0, 0.05) is 15.7 Å². The molecule has 0 saturated heterocycles. The Balaban J connectivity index is 3.03. The predicted molar refractivity (Wildman–Crippen MR) is 71.3 cm³/mol. The average molecular weight is 336 g/mol. The fraction of sp³-hybridized carbons (Fsp3) is 0.500. The SMILES string of the molecule is CC(C)(CCO)[C@H](O)c1cc(I)ccc1O. The van der Waals surface area contributed by atoms with E-state index in [1.54, 1.807) is 18.2 Å². The van der Waals surface area contributed by atoms with E-state index in [-0.39, 0.29) is 12.4 Å². The molecule has 0 aromatic heterocycles. The summed E-state index contributed by atoms with van der Waals surface area (Å²) in [4.78, 5) is 0. The molecule has 0 aliphatic carbocycles. The molecule has 0 aliphatic heterocycles. The lowest BCUT2D eigenvalue weighted by molar-refractivity contribution is 0.0288. The molecule has 1 rings (SSSR count). The van der Waals surface area contributed by atoms with Crippen LogP contribution in [0.15, 0.2) is 18.2 Å². The fourth-order valence-corrected chi connectivity index (χ4v) is 2.11. The van der Waals surface area contributed by atoms with E-state index in [0.29, 0.717) is 12.0 Å². The fourth-order valence-electron chi connectivity index (χ4n) is 1.59. The van der Waals surface area contributed by atoms with Crippen LogP contribution in [0.1, 0.15) is 31.9 Å². The predicted octanol–water partition coefficient (Wildman–Crippen LogP) is 2.44. The zero-order chi connectivity index (χ0) is 12.3. The molecule has 90 valence electrons. The van der Waals surface area contributed by atoms with Crippen molar-refractivity contribution in [3.8, 4) is 5.75 Å². The van der Waals surface area contributed by atoms with Crippen molar-refractivity contribution >= 4 is 22.6 Å². The van der Waals surface area contributed by atoms with Crippen molar-refractivity contribution in [1.29, 1.82) is 0 Å². The Bertz CT molecular complexity index is 363. The molecule has 0 heterocycles. The van der Waals surface area contributed by atoms with Crippen LogP contribution < -0.4 is 0 Å². The second-order valence-corrected chi connectivity index (χ2v) is 5.81. The van der Waals surface area contributed by atoms with Gasteiger partial charge in [-0.15, -0.1) is 0 Å². The van der Waals surface area contributed by atoms with Crippen molar-refractivity contribution in [3.63, 3.8) is 0 Å². The van der Waals surface area contributed by atoms with Crippen molar-refractivity contribution in [3.05, 3.63) is 27.3 Å². The van der Waals surface area contributed by atoms with Gasteiger partial charge in [0.25, 0.3) is 0 Å². The lowest BCUT2D eigenvalue weighted by Crippen LogP contribution is -2.23. The highest BCUT2D eigenvalue weighted by Gasteiger charge is 2.30. The zero-order valence-electron chi connectivity index (χ0n) is 9.44. The average Bonchev–Trinajstić information content (AvgIpc) is 2.20. The largest absolute Gasteiger partial charge is 0.508 e. The van der Waals surface area contributed by atoms with E-state index < -0.39 is 11.5 Å². The Morgan fingerprint density at radius 2 is 2.00 bits per heavy atom. The molecule has 0 unspecified atom stereocenters. The highest BCUT2D eigenvalue weighted by molar-refractivity contribution is 14.1. The van der Waals surface area contributed by atoms with Crippen LogP contribution in [0.3, 0.4) is 0 Å². The number of phenolic OH excluding ortho intramolecular Hbond substituents is 1. The van der Waals surface area contributed by atoms with Crippen LogP contribution in [0.4, 0.5) is 0 Å². The Morgan fingerprint density at radius 1 is 1.38 bits per heavy atom. The number of rotatable bonds is 4. The molecule has 0 spiro atoms. The highest BCUT2D eigenvalue weighted by Crippen LogP contribution is 2.39. The summed E-state index contributed by atoms with van der Waals surface area (Å²) in [5.74, 6) is 0.0962. The smallest absolute Gasteiger partial charge is 0.121 e. The monoisotopic (exact) mass is 336 g/mol. The minimum atomic E-state index is -0.783. The lowest BCUT2D eigenvalue weighted by atomic mass is 9.80. The normalized spacial score (nSPS) is 13.8. The molecular formula is C12H17IO3. The number of halogens is 1. The van der Waals surface area contributed by atoms with Crippen molar-refractivity contribution in [2.45, 2.75) is 26.4 Å². The molecule has 3 nitrogen and oxygen atoms in total. The third kappa shape index (κ3) is 3.09. The highest BCUT2D eigenvalue weighted by atomic mass is 127. The summed E-state index contributed by atoms with van der Waals surface area (Å²) < 4.78 is 0.962. The van der Waals surface area contributed by atoms with E-state index >= 15 is 0 Å². The first-order valence-electron chi connectivity index (χ1n) is 5.16. The number of aromatic hydroxyl groups is 1. The van der Waals surface area contributed by atoms with Gasteiger partial charge in [0.2, 0.25) is 0 Å². The third-order valence-corrected chi connectivity index (χ3v) is 3.45. The van der Waals surface area contributed by atoms with Gasteiger partial charge in [0.15, 0.2) is 0 Å². The molecule has 0 radical (unpaired) electrons. The van der Waals surface area contributed by atoms with E-state index in [9.17, 15) is 10.2 Å². The molecule has 1 atom stereocenters. The molecule has 0 amide bonds. The van der Waals surface area contributed by atoms with Crippen LogP contribution in [-0.4, -0.2) is 21.9 Å². The maximum atomic E-state index is 10.2.